The van der Waals surface area contributed by atoms with E-state index in [2.05, 4.69) is 26.0 Å². The summed E-state index contributed by atoms with van der Waals surface area (Å²) in [5.74, 6) is 0.123. The van der Waals surface area contributed by atoms with Crippen molar-refractivity contribution in [2.75, 3.05) is 17.0 Å². The van der Waals surface area contributed by atoms with Gasteiger partial charge in [-0.15, -0.1) is 0 Å². The molecule has 1 aromatic carbocycles. The van der Waals surface area contributed by atoms with Crippen LogP contribution in [0.15, 0.2) is 22.7 Å². The van der Waals surface area contributed by atoms with Crippen molar-refractivity contribution < 1.29 is 8.42 Å². The number of benzene rings is 1. The number of hydrogen-bond donors (Lipinski definition) is 2. The lowest BCUT2D eigenvalue weighted by molar-refractivity contribution is 0.591. The lowest BCUT2D eigenvalue weighted by atomic mass is 10.3. The molecule has 2 rings (SSSR count). The van der Waals surface area contributed by atoms with Gasteiger partial charge in [-0.05, 0) is 60.3 Å². The average molecular weight is 382 g/mol. The predicted octanol–water partition coefficient (Wildman–Crippen LogP) is 3.38. The van der Waals surface area contributed by atoms with Crippen LogP contribution in [0, 0.1) is 0 Å². The van der Waals surface area contributed by atoms with E-state index >= 15 is 0 Å². The van der Waals surface area contributed by atoms with Gasteiger partial charge in [-0.25, -0.2) is 8.42 Å². The average Bonchev–Trinajstić information content (AvgIpc) is 3.18. The van der Waals surface area contributed by atoms with Crippen molar-refractivity contribution in [2.45, 2.75) is 31.7 Å². The fraction of sp³-hybridized carbons (Fsp3) is 0.538. The summed E-state index contributed by atoms with van der Waals surface area (Å²) in [4.78, 5) is 0. The topological polar surface area (TPSA) is 58.2 Å². The molecule has 0 aromatic heterocycles. The van der Waals surface area contributed by atoms with Crippen LogP contribution in [0.1, 0.15) is 25.7 Å². The van der Waals surface area contributed by atoms with Crippen molar-refractivity contribution in [2.24, 2.45) is 0 Å². The lowest BCUT2D eigenvalue weighted by Gasteiger charge is -2.10. The van der Waals surface area contributed by atoms with Gasteiger partial charge < -0.3 is 5.32 Å². The van der Waals surface area contributed by atoms with Gasteiger partial charge in [-0.1, -0.05) is 17.7 Å². The molecule has 0 bridgehead atoms. The fourth-order valence-corrected chi connectivity index (χ4v) is 3.67. The summed E-state index contributed by atoms with van der Waals surface area (Å²) in [6, 6.07) is 5.77. The molecular weight excluding hydrogens is 364 g/mol. The molecule has 0 aliphatic heterocycles. The molecule has 2 N–H and O–H groups in total. The van der Waals surface area contributed by atoms with Crippen LogP contribution < -0.4 is 10.0 Å². The molecule has 1 fully saturated rings. The van der Waals surface area contributed by atoms with Crippen molar-refractivity contribution in [3.63, 3.8) is 0 Å². The van der Waals surface area contributed by atoms with Gasteiger partial charge in [0.05, 0.1) is 20.9 Å². The van der Waals surface area contributed by atoms with E-state index in [0.717, 1.165) is 13.0 Å². The fourth-order valence-electron chi connectivity index (χ4n) is 1.81. The molecule has 112 valence electrons. The highest BCUT2D eigenvalue weighted by Crippen LogP contribution is 2.30. The Kier molecular flexibility index (Phi) is 5.72. The molecule has 1 aliphatic carbocycles. The number of anilines is 1. The molecule has 1 aromatic rings. The first kappa shape index (κ1) is 16.1. The largest absolute Gasteiger partial charge is 0.314 e. The standard InChI is InChI=1S/C13H18BrClN2O2S/c14-13-11(15)4-3-5-12(13)17-20(18,19)9-2-1-8-16-10-6-7-10/h3-5,10,16-17H,1-2,6-9H2. The SMILES string of the molecule is O=S(=O)(CCCCNC1CC1)Nc1cccc(Cl)c1Br. The van der Waals surface area contributed by atoms with Crippen LogP contribution in [0.2, 0.25) is 5.02 Å². The summed E-state index contributed by atoms with van der Waals surface area (Å²) in [7, 11) is -3.33. The zero-order valence-corrected chi connectivity index (χ0v) is 14.2. The highest BCUT2D eigenvalue weighted by atomic mass is 79.9. The highest BCUT2D eigenvalue weighted by Gasteiger charge is 2.19. The summed E-state index contributed by atoms with van der Waals surface area (Å²) in [6.07, 6.45) is 4.02. The Labute approximate surface area is 133 Å². The zero-order chi connectivity index (χ0) is 14.6. The third-order valence-corrected chi connectivity index (χ3v) is 5.82. The molecule has 1 saturated carbocycles. The van der Waals surface area contributed by atoms with Crippen LogP contribution in [-0.4, -0.2) is 26.8 Å². The molecule has 1 aliphatic rings. The first-order chi connectivity index (χ1) is 9.48. The molecule has 0 heterocycles. The van der Waals surface area contributed by atoms with E-state index < -0.39 is 10.0 Å². The third-order valence-electron chi connectivity index (χ3n) is 3.07. The monoisotopic (exact) mass is 380 g/mol. The second-order valence-electron chi connectivity index (χ2n) is 4.96. The third kappa shape index (κ3) is 5.24. The molecule has 0 amide bonds. The van der Waals surface area contributed by atoms with Gasteiger partial charge >= 0.3 is 0 Å². The van der Waals surface area contributed by atoms with Crippen molar-refractivity contribution in [3.8, 4) is 0 Å². The van der Waals surface area contributed by atoms with Gasteiger partial charge in [0.2, 0.25) is 10.0 Å². The van der Waals surface area contributed by atoms with E-state index in [0.29, 0.717) is 27.6 Å². The number of rotatable bonds is 8. The summed E-state index contributed by atoms with van der Waals surface area (Å²) < 4.78 is 27.1. The first-order valence-electron chi connectivity index (χ1n) is 6.66. The maximum absolute atomic E-state index is 12.0. The van der Waals surface area contributed by atoms with E-state index in [1.807, 2.05) is 0 Å². The minimum absolute atomic E-state index is 0.123. The van der Waals surface area contributed by atoms with Crippen molar-refractivity contribution in [1.29, 1.82) is 0 Å². The van der Waals surface area contributed by atoms with Crippen LogP contribution in [0.3, 0.4) is 0 Å². The highest BCUT2D eigenvalue weighted by molar-refractivity contribution is 9.10. The molecule has 4 nitrogen and oxygen atoms in total. The minimum atomic E-state index is -3.33. The first-order valence-corrected chi connectivity index (χ1v) is 9.48. The van der Waals surface area contributed by atoms with Gasteiger partial charge in [-0.3, -0.25) is 4.72 Å². The van der Waals surface area contributed by atoms with Crippen LogP contribution in [0.25, 0.3) is 0 Å². The Morgan fingerprint density at radius 2 is 2.05 bits per heavy atom. The van der Waals surface area contributed by atoms with E-state index in [4.69, 9.17) is 11.6 Å². The quantitative estimate of drug-likeness (QED) is 0.679. The van der Waals surface area contributed by atoms with Crippen molar-refractivity contribution in [1.82, 2.24) is 5.32 Å². The predicted molar refractivity (Wildman–Crippen MR) is 86.8 cm³/mol. The number of halogens is 2. The molecule has 7 heteroatoms. The van der Waals surface area contributed by atoms with E-state index in [1.165, 1.54) is 12.8 Å². The number of hydrogen-bond acceptors (Lipinski definition) is 3. The number of nitrogens with one attached hydrogen (secondary N) is 2. The van der Waals surface area contributed by atoms with Gasteiger partial charge in [0.1, 0.15) is 0 Å². The Balaban J connectivity index is 1.78. The molecule has 0 spiro atoms. The smallest absolute Gasteiger partial charge is 0.232 e. The Morgan fingerprint density at radius 3 is 2.75 bits per heavy atom. The molecule has 0 radical (unpaired) electrons. The van der Waals surface area contributed by atoms with Gasteiger partial charge in [-0.2, -0.15) is 0 Å². The maximum atomic E-state index is 12.0. The van der Waals surface area contributed by atoms with Gasteiger partial charge in [0, 0.05) is 6.04 Å². The minimum Gasteiger partial charge on any atom is -0.314 e. The molecule has 0 unspecified atom stereocenters. The molecule has 0 atom stereocenters. The lowest BCUT2D eigenvalue weighted by Crippen LogP contribution is -2.20. The summed E-state index contributed by atoms with van der Waals surface area (Å²) in [5, 5.41) is 3.85. The van der Waals surface area contributed by atoms with Crippen molar-refractivity contribution in [3.05, 3.63) is 27.7 Å². The molecule has 20 heavy (non-hydrogen) atoms. The van der Waals surface area contributed by atoms with E-state index in [-0.39, 0.29) is 5.75 Å². The van der Waals surface area contributed by atoms with Gasteiger partial charge in [0.25, 0.3) is 0 Å². The molecule has 0 saturated heterocycles. The Morgan fingerprint density at radius 1 is 1.30 bits per heavy atom. The van der Waals surface area contributed by atoms with E-state index in [9.17, 15) is 8.42 Å². The second kappa shape index (κ2) is 7.11. The summed E-state index contributed by atoms with van der Waals surface area (Å²) in [5.41, 5.74) is 0.480. The molecular formula is C13H18BrClN2O2S. The van der Waals surface area contributed by atoms with Crippen LogP contribution in [-0.2, 0) is 10.0 Å². The number of unbranched alkanes of at least 4 members (excludes halogenated alkanes) is 1. The second-order valence-corrected chi connectivity index (χ2v) is 8.00. The van der Waals surface area contributed by atoms with Crippen LogP contribution in [0.4, 0.5) is 5.69 Å². The maximum Gasteiger partial charge on any atom is 0.232 e. The van der Waals surface area contributed by atoms with Crippen molar-refractivity contribution >= 4 is 43.2 Å². The zero-order valence-electron chi connectivity index (χ0n) is 11.0. The van der Waals surface area contributed by atoms with Crippen LogP contribution in [0.5, 0.6) is 0 Å². The summed E-state index contributed by atoms with van der Waals surface area (Å²) in [6.45, 7) is 0.890. The number of sulfonamides is 1. The Bertz CT molecular complexity index is 561. The van der Waals surface area contributed by atoms with Gasteiger partial charge in [0.15, 0.2) is 0 Å². The normalized spacial score (nSPS) is 15.3. The van der Waals surface area contributed by atoms with Crippen LogP contribution >= 0.6 is 27.5 Å². The summed E-state index contributed by atoms with van der Waals surface area (Å²) >= 11 is 9.21. The Hall–Kier alpha value is -0.300. The van der Waals surface area contributed by atoms with E-state index in [1.54, 1.807) is 18.2 Å².